The van der Waals surface area contributed by atoms with Crippen LogP contribution in [0.25, 0.3) is 5.41 Å². The summed E-state index contributed by atoms with van der Waals surface area (Å²) in [6.45, 7) is 1.96. The Morgan fingerprint density at radius 1 is 1.40 bits per heavy atom. The predicted molar refractivity (Wildman–Crippen MR) is 46.6 cm³/mol. The molecule has 0 spiro atoms. The Labute approximate surface area is 92.4 Å². The topological polar surface area (TPSA) is 22.3 Å². The van der Waals surface area contributed by atoms with Gasteiger partial charge in [-0.25, -0.2) is 0 Å². The van der Waals surface area contributed by atoms with Crippen LogP contribution in [0.15, 0.2) is 24.3 Å². The molecular weight excluding hydrogens is 150 g/mol. The normalized spacial score (nSPS) is 8.10. The third-order valence-electron chi connectivity index (χ3n) is 1.33. The second-order valence-electron chi connectivity index (χ2n) is 1.99. The third kappa shape index (κ3) is 2.41. The zero-order valence-corrected chi connectivity index (χ0v) is 8.25. The van der Waals surface area contributed by atoms with Crippen LogP contribution >= 0.6 is 0 Å². The van der Waals surface area contributed by atoms with Crippen molar-refractivity contribution in [1.82, 2.24) is 0 Å². The van der Waals surface area contributed by atoms with Crippen LogP contribution in [0.4, 0.5) is 0 Å². The van der Waals surface area contributed by atoms with Crippen molar-refractivity contribution in [2.75, 3.05) is 0 Å². The smallest absolute Gasteiger partial charge is 1.00 e. The average molecular weight is 159 g/mol. The maximum Gasteiger partial charge on any atom is 2.00 e. The molecule has 0 fully saturated rings. The minimum absolute atomic E-state index is 0. The van der Waals surface area contributed by atoms with Crippen LogP contribution in [-0.2, 0) is 0 Å². The van der Waals surface area contributed by atoms with E-state index in [9.17, 15) is 0 Å². The van der Waals surface area contributed by atoms with Crippen LogP contribution in [0.5, 0.6) is 0 Å². The Hall–Kier alpha value is 0.150. The van der Waals surface area contributed by atoms with Gasteiger partial charge in [0.15, 0.2) is 0 Å². The molecule has 0 N–H and O–H groups in total. The van der Waals surface area contributed by atoms with Gasteiger partial charge in [-0.3, -0.25) is 0 Å². The maximum absolute atomic E-state index is 8.59. The zero-order valence-electron chi connectivity index (χ0n) is 7.04. The Morgan fingerprint density at radius 2 is 2.00 bits per heavy atom. The summed E-state index contributed by atoms with van der Waals surface area (Å²) in [5.41, 5.74) is 1.98. The van der Waals surface area contributed by atoms with Crippen molar-refractivity contribution in [3.05, 3.63) is 40.8 Å². The first kappa shape index (κ1) is 10.1. The quantitative estimate of drug-likeness (QED) is 0.440. The molecule has 48 valence electrons. The second kappa shape index (κ2) is 4.89. The summed E-state index contributed by atoms with van der Waals surface area (Å²) in [7, 11) is 0. The molecular formula is C8H9CaN. The minimum atomic E-state index is 0. The van der Waals surface area contributed by atoms with Crippen LogP contribution in [0.3, 0.4) is 0 Å². The number of nitrogens with zero attached hydrogens (tertiary/aromatic N) is 1. The summed E-state index contributed by atoms with van der Waals surface area (Å²) in [5, 5.41) is 8.59. The summed E-state index contributed by atoms with van der Waals surface area (Å²) >= 11 is 0. The molecule has 0 atom stereocenters. The van der Waals surface area contributed by atoms with E-state index < -0.39 is 0 Å². The van der Waals surface area contributed by atoms with Gasteiger partial charge in [0, 0.05) is 0 Å². The summed E-state index contributed by atoms with van der Waals surface area (Å²) in [6, 6.07) is 7.68. The van der Waals surface area contributed by atoms with E-state index in [1.54, 1.807) is 0 Å². The van der Waals surface area contributed by atoms with Gasteiger partial charge in [-0.05, 0) is 18.1 Å². The van der Waals surface area contributed by atoms with E-state index >= 15 is 0 Å². The molecule has 0 unspecified atom stereocenters. The second-order valence-corrected chi connectivity index (χ2v) is 1.99. The Bertz CT molecular complexity index is 225. The molecule has 0 heterocycles. The number of hydrogen-bond acceptors (Lipinski definition) is 0. The molecule has 0 saturated heterocycles. The van der Waals surface area contributed by atoms with E-state index in [0.29, 0.717) is 0 Å². The Kier molecular flexibility index (Phi) is 4.96. The fourth-order valence-corrected chi connectivity index (χ4v) is 0.732. The molecule has 0 aliphatic carbocycles. The van der Waals surface area contributed by atoms with E-state index in [4.69, 9.17) is 5.41 Å². The van der Waals surface area contributed by atoms with Gasteiger partial charge in [0.25, 0.3) is 0 Å². The monoisotopic (exact) mass is 159 g/mol. The molecule has 0 aromatic heterocycles. The van der Waals surface area contributed by atoms with Crippen molar-refractivity contribution in [2.45, 2.75) is 6.92 Å². The van der Waals surface area contributed by atoms with Crippen LogP contribution in [0.1, 0.15) is 12.6 Å². The van der Waals surface area contributed by atoms with Gasteiger partial charge in [0.1, 0.15) is 0 Å². The average Bonchev–Trinajstić information content (AvgIpc) is 1.89. The van der Waals surface area contributed by atoms with Crippen LogP contribution in [0.2, 0.25) is 0 Å². The molecule has 1 aromatic carbocycles. The van der Waals surface area contributed by atoms with Gasteiger partial charge in [-0.2, -0.15) is 6.21 Å². The molecule has 1 aromatic rings. The molecule has 1 rings (SSSR count). The van der Waals surface area contributed by atoms with Crippen LogP contribution < -0.4 is 0 Å². The molecule has 10 heavy (non-hydrogen) atoms. The van der Waals surface area contributed by atoms with E-state index in [1.165, 1.54) is 0 Å². The van der Waals surface area contributed by atoms with Gasteiger partial charge < -0.3 is 6.84 Å². The number of hydrogen-bond donors (Lipinski definition) is 0. The summed E-state index contributed by atoms with van der Waals surface area (Å²) < 4.78 is 0. The third-order valence-corrected chi connectivity index (χ3v) is 1.33. The van der Waals surface area contributed by atoms with Gasteiger partial charge in [0.05, 0.1) is 0 Å². The maximum atomic E-state index is 8.59. The number of rotatable bonds is 1. The van der Waals surface area contributed by atoms with Crippen molar-refractivity contribution in [3.8, 4) is 0 Å². The van der Waals surface area contributed by atoms with Crippen molar-refractivity contribution in [2.24, 2.45) is 0 Å². The molecule has 1 nitrogen and oxygen atoms in total. The Balaban J connectivity index is 0. The Morgan fingerprint density at radius 3 is 2.40 bits per heavy atom. The molecule has 0 aliphatic heterocycles. The molecule has 2 heteroatoms. The van der Waals surface area contributed by atoms with Crippen molar-refractivity contribution in [1.29, 1.82) is 0 Å². The van der Waals surface area contributed by atoms with Crippen LogP contribution in [-0.4, -0.2) is 44.0 Å². The first-order chi connectivity index (χ1) is 4.34. The van der Waals surface area contributed by atoms with Gasteiger partial charge in [-0.15, -0.1) is 0 Å². The number of benzene rings is 1. The largest absolute Gasteiger partial charge is 2.00 e. The van der Waals surface area contributed by atoms with Crippen molar-refractivity contribution >= 4 is 44.0 Å². The van der Waals surface area contributed by atoms with Crippen molar-refractivity contribution < 1.29 is 1.43 Å². The summed E-state index contributed by atoms with van der Waals surface area (Å²) in [6.07, 6.45) is 1.12. The fourth-order valence-electron chi connectivity index (χ4n) is 0.732. The SMILES string of the molecule is Cc1ccccc1C=[N-].[Ca+2].[H-]. The molecule has 0 amide bonds. The van der Waals surface area contributed by atoms with Gasteiger partial charge >= 0.3 is 37.7 Å². The van der Waals surface area contributed by atoms with E-state index in [0.717, 1.165) is 17.3 Å². The molecule has 0 bridgehead atoms. The first-order valence-corrected chi connectivity index (χ1v) is 2.87. The molecule has 0 radical (unpaired) electrons. The summed E-state index contributed by atoms with van der Waals surface area (Å²) in [5.74, 6) is 0. The first-order valence-electron chi connectivity index (χ1n) is 2.87. The van der Waals surface area contributed by atoms with E-state index in [-0.39, 0.29) is 39.2 Å². The standard InChI is InChI=1S/C8H8N.Ca.H/c1-7-4-2-3-5-8(7)6-9;;/h2-6H,1H3;;/q-1;+2;-1. The molecule has 0 saturated carbocycles. The van der Waals surface area contributed by atoms with Gasteiger partial charge in [0.2, 0.25) is 0 Å². The zero-order chi connectivity index (χ0) is 6.69. The minimum Gasteiger partial charge on any atom is -1.00 e. The predicted octanol–water partition coefficient (Wildman–Crippen LogP) is 1.72. The van der Waals surface area contributed by atoms with E-state index in [1.807, 2.05) is 31.2 Å². The van der Waals surface area contributed by atoms with Crippen molar-refractivity contribution in [3.63, 3.8) is 0 Å². The van der Waals surface area contributed by atoms with E-state index in [2.05, 4.69) is 0 Å². The number of aryl methyl sites for hydroxylation is 1. The fraction of sp³-hybridized carbons (Fsp3) is 0.125. The van der Waals surface area contributed by atoms with Crippen LogP contribution in [0, 0.1) is 6.92 Å². The van der Waals surface area contributed by atoms with Gasteiger partial charge in [-0.1, -0.05) is 24.3 Å². The summed E-state index contributed by atoms with van der Waals surface area (Å²) in [4.78, 5) is 0. The molecule has 0 aliphatic rings.